The zero-order valence-corrected chi connectivity index (χ0v) is 11.1. The monoisotopic (exact) mass is 244 g/mol. The summed E-state index contributed by atoms with van der Waals surface area (Å²) < 4.78 is 0. The van der Waals surface area contributed by atoms with Gasteiger partial charge in [-0.05, 0) is 54.2 Å². The fraction of sp³-hybridized carbons (Fsp3) is 0.400. The number of fused-ring (bicyclic) bond motifs is 1. The average Bonchev–Trinajstić information content (AvgIpc) is 2.33. The molecule has 1 aliphatic rings. The molecule has 0 aliphatic carbocycles. The lowest BCUT2D eigenvalue weighted by Gasteiger charge is -2.32. The van der Waals surface area contributed by atoms with Crippen molar-refractivity contribution in [3.63, 3.8) is 0 Å². The minimum absolute atomic E-state index is 0.520. The lowest BCUT2D eigenvalue weighted by Crippen LogP contribution is -2.26. The highest BCUT2D eigenvalue weighted by Crippen LogP contribution is 2.35. The SMILES string of the molecule is C/C(=C\C(=O)[O-])c1ccc2c(c1)C(C)CCN2C. The topological polar surface area (TPSA) is 43.4 Å². The lowest BCUT2D eigenvalue weighted by atomic mass is 9.89. The summed E-state index contributed by atoms with van der Waals surface area (Å²) in [6, 6.07) is 6.15. The van der Waals surface area contributed by atoms with Gasteiger partial charge in [-0.1, -0.05) is 13.0 Å². The summed E-state index contributed by atoms with van der Waals surface area (Å²) in [5.41, 5.74) is 4.24. The predicted molar refractivity (Wildman–Crippen MR) is 71.4 cm³/mol. The van der Waals surface area contributed by atoms with E-state index in [0.717, 1.165) is 30.2 Å². The second kappa shape index (κ2) is 4.84. The Hall–Kier alpha value is -1.77. The molecule has 0 spiro atoms. The van der Waals surface area contributed by atoms with Gasteiger partial charge in [0.2, 0.25) is 0 Å². The molecule has 1 aromatic rings. The van der Waals surface area contributed by atoms with E-state index in [9.17, 15) is 9.90 Å². The van der Waals surface area contributed by atoms with Crippen LogP contribution in [0.4, 0.5) is 5.69 Å². The van der Waals surface area contributed by atoms with Crippen LogP contribution in [0.2, 0.25) is 0 Å². The number of anilines is 1. The lowest BCUT2D eigenvalue weighted by molar-refractivity contribution is -0.297. The van der Waals surface area contributed by atoms with Crippen molar-refractivity contribution in [2.45, 2.75) is 26.2 Å². The van der Waals surface area contributed by atoms with E-state index in [2.05, 4.69) is 31.0 Å². The molecule has 1 atom stereocenters. The number of rotatable bonds is 2. The standard InChI is InChI=1S/C15H19NO2/c1-10-6-7-16(3)14-5-4-12(9-13(10)14)11(2)8-15(17)18/h4-5,8-10H,6-7H2,1-3H3,(H,17,18)/p-1/b11-8+. The van der Waals surface area contributed by atoms with Crippen LogP contribution in [-0.4, -0.2) is 19.6 Å². The van der Waals surface area contributed by atoms with Gasteiger partial charge in [0, 0.05) is 19.3 Å². The van der Waals surface area contributed by atoms with Gasteiger partial charge in [0.15, 0.2) is 0 Å². The third-order valence-corrected chi connectivity index (χ3v) is 3.66. The molecule has 1 aliphatic heterocycles. The van der Waals surface area contributed by atoms with E-state index >= 15 is 0 Å². The number of carbonyl (C=O) groups is 1. The average molecular weight is 244 g/mol. The third kappa shape index (κ3) is 2.40. The second-order valence-electron chi connectivity index (χ2n) is 5.03. The zero-order chi connectivity index (χ0) is 13.3. The molecular weight excluding hydrogens is 226 g/mol. The van der Waals surface area contributed by atoms with Crippen LogP contribution in [0.3, 0.4) is 0 Å². The predicted octanol–water partition coefficient (Wildman–Crippen LogP) is 1.78. The Morgan fingerprint density at radius 2 is 2.22 bits per heavy atom. The Morgan fingerprint density at radius 1 is 1.50 bits per heavy atom. The van der Waals surface area contributed by atoms with E-state index < -0.39 is 5.97 Å². The minimum Gasteiger partial charge on any atom is -0.545 e. The van der Waals surface area contributed by atoms with E-state index in [-0.39, 0.29) is 0 Å². The van der Waals surface area contributed by atoms with Crippen LogP contribution in [0.5, 0.6) is 0 Å². The van der Waals surface area contributed by atoms with Gasteiger partial charge in [0.25, 0.3) is 0 Å². The van der Waals surface area contributed by atoms with Crippen LogP contribution in [0.15, 0.2) is 24.3 Å². The molecule has 3 nitrogen and oxygen atoms in total. The highest BCUT2D eigenvalue weighted by atomic mass is 16.4. The molecule has 0 bridgehead atoms. The van der Waals surface area contributed by atoms with Crippen molar-refractivity contribution < 1.29 is 9.90 Å². The van der Waals surface area contributed by atoms with Crippen molar-refractivity contribution in [1.82, 2.24) is 0 Å². The van der Waals surface area contributed by atoms with Gasteiger partial charge < -0.3 is 14.8 Å². The molecule has 0 saturated heterocycles. The maximum Gasteiger partial charge on any atom is 0.0645 e. The van der Waals surface area contributed by atoms with Crippen molar-refractivity contribution in [3.05, 3.63) is 35.4 Å². The number of allylic oxidation sites excluding steroid dienone is 1. The van der Waals surface area contributed by atoms with E-state index in [0.29, 0.717) is 5.92 Å². The number of benzene rings is 1. The molecule has 18 heavy (non-hydrogen) atoms. The first-order chi connectivity index (χ1) is 8.49. The van der Waals surface area contributed by atoms with Gasteiger partial charge >= 0.3 is 0 Å². The first kappa shape index (κ1) is 12.7. The molecule has 1 heterocycles. The largest absolute Gasteiger partial charge is 0.545 e. The minimum atomic E-state index is -1.14. The van der Waals surface area contributed by atoms with Crippen LogP contribution < -0.4 is 10.0 Å². The van der Waals surface area contributed by atoms with E-state index in [4.69, 9.17) is 0 Å². The molecule has 0 saturated carbocycles. The Balaban J connectivity index is 2.43. The van der Waals surface area contributed by atoms with Crippen LogP contribution >= 0.6 is 0 Å². The molecule has 1 aromatic carbocycles. The summed E-state index contributed by atoms with van der Waals surface area (Å²) >= 11 is 0. The van der Waals surface area contributed by atoms with E-state index in [1.54, 1.807) is 6.92 Å². The molecule has 0 amide bonds. The maximum absolute atomic E-state index is 10.6. The second-order valence-corrected chi connectivity index (χ2v) is 5.03. The molecule has 3 heteroatoms. The number of hydrogen-bond acceptors (Lipinski definition) is 3. The Bertz CT molecular complexity index is 505. The smallest absolute Gasteiger partial charge is 0.0645 e. The van der Waals surface area contributed by atoms with Crippen molar-refractivity contribution in [3.8, 4) is 0 Å². The Labute approximate surface area is 108 Å². The summed E-state index contributed by atoms with van der Waals surface area (Å²) in [6.45, 7) is 5.09. The number of carboxylic acid groups (broad SMARTS) is 1. The van der Waals surface area contributed by atoms with E-state index in [1.807, 2.05) is 6.07 Å². The van der Waals surface area contributed by atoms with Gasteiger partial charge in [-0.3, -0.25) is 0 Å². The van der Waals surface area contributed by atoms with Crippen LogP contribution in [0.1, 0.15) is 37.3 Å². The molecular formula is C15H18NO2-. The number of aliphatic carboxylic acids is 1. The number of carboxylic acids is 1. The molecule has 0 radical (unpaired) electrons. The molecule has 1 unspecified atom stereocenters. The molecule has 0 aromatic heterocycles. The van der Waals surface area contributed by atoms with Crippen molar-refractivity contribution in [1.29, 1.82) is 0 Å². The number of nitrogens with zero attached hydrogens (tertiary/aromatic N) is 1. The van der Waals surface area contributed by atoms with E-state index in [1.165, 1.54) is 11.3 Å². The first-order valence-corrected chi connectivity index (χ1v) is 6.23. The summed E-state index contributed by atoms with van der Waals surface area (Å²) in [4.78, 5) is 12.8. The Morgan fingerprint density at radius 3 is 2.89 bits per heavy atom. The van der Waals surface area contributed by atoms with Gasteiger partial charge in [0.05, 0.1) is 5.97 Å². The first-order valence-electron chi connectivity index (χ1n) is 6.23. The van der Waals surface area contributed by atoms with Gasteiger partial charge in [-0.15, -0.1) is 0 Å². The van der Waals surface area contributed by atoms with Crippen molar-refractivity contribution in [2.24, 2.45) is 0 Å². The summed E-state index contributed by atoms with van der Waals surface area (Å²) in [5.74, 6) is -0.623. The quantitative estimate of drug-likeness (QED) is 0.745. The van der Waals surface area contributed by atoms with Crippen molar-refractivity contribution in [2.75, 3.05) is 18.5 Å². The number of carbonyl (C=O) groups excluding carboxylic acids is 1. The highest BCUT2D eigenvalue weighted by Gasteiger charge is 2.20. The van der Waals surface area contributed by atoms with Crippen LogP contribution in [0, 0.1) is 0 Å². The zero-order valence-electron chi connectivity index (χ0n) is 11.1. The molecule has 0 fully saturated rings. The third-order valence-electron chi connectivity index (χ3n) is 3.66. The summed E-state index contributed by atoms with van der Waals surface area (Å²) in [6.07, 6.45) is 2.29. The van der Waals surface area contributed by atoms with Crippen LogP contribution in [0.25, 0.3) is 5.57 Å². The van der Waals surface area contributed by atoms with Gasteiger partial charge in [-0.25, -0.2) is 0 Å². The summed E-state index contributed by atoms with van der Waals surface area (Å²) in [5, 5.41) is 10.6. The fourth-order valence-electron chi connectivity index (χ4n) is 2.47. The normalized spacial score (nSPS) is 19.6. The molecule has 0 N–H and O–H groups in total. The molecule has 96 valence electrons. The highest BCUT2D eigenvalue weighted by molar-refractivity contribution is 5.88. The molecule has 2 rings (SSSR count). The van der Waals surface area contributed by atoms with Gasteiger partial charge in [-0.2, -0.15) is 0 Å². The fourth-order valence-corrected chi connectivity index (χ4v) is 2.47. The summed E-state index contributed by atoms with van der Waals surface area (Å²) in [7, 11) is 2.09. The van der Waals surface area contributed by atoms with Gasteiger partial charge in [0.1, 0.15) is 0 Å². The number of hydrogen-bond donors (Lipinski definition) is 0. The van der Waals surface area contributed by atoms with Crippen LogP contribution in [-0.2, 0) is 4.79 Å². The van der Waals surface area contributed by atoms with Crippen molar-refractivity contribution >= 4 is 17.2 Å². The maximum atomic E-state index is 10.6. The Kier molecular flexibility index (Phi) is 3.41.